The van der Waals surface area contributed by atoms with Crippen molar-refractivity contribution in [2.45, 2.75) is 64.0 Å². The Bertz CT molecular complexity index is 332. The lowest BCUT2D eigenvalue weighted by Gasteiger charge is -2.32. The summed E-state index contributed by atoms with van der Waals surface area (Å²) in [5.74, 6) is 0.303. The number of nitrogens with zero attached hydrogens (tertiary/aromatic N) is 1. The van der Waals surface area contributed by atoms with Crippen LogP contribution in [-0.2, 0) is 9.59 Å². The van der Waals surface area contributed by atoms with E-state index in [0.29, 0.717) is 12.5 Å². The molecule has 5 heteroatoms. The molecule has 2 aliphatic rings. The first-order chi connectivity index (χ1) is 9.65. The maximum absolute atomic E-state index is 11.9. The van der Waals surface area contributed by atoms with Gasteiger partial charge in [0, 0.05) is 38.5 Å². The number of likely N-dealkylation sites (tertiary alicyclic amines) is 1. The van der Waals surface area contributed by atoms with Gasteiger partial charge in [0.1, 0.15) is 0 Å². The normalized spacial score (nSPS) is 24.4. The molecular formula is C15H27N3O2. The molecule has 1 atom stereocenters. The fraction of sp³-hybridized carbons (Fsp3) is 0.867. The fourth-order valence-electron chi connectivity index (χ4n) is 3.11. The molecule has 0 aromatic carbocycles. The van der Waals surface area contributed by atoms with Crippen molar-refractivity contribution >= 4 is 11.8 Å². The number of amides is 2. The molecule has 0 aromatic heterocycles. The zero-order valence-corrected chi connectivity index (χ0v) is 12.5. The number of piperidine rings is 2. The lowest BCUT2D eigenvalue weighted by atomic mass is 10.00. The van der Waals surface area contributed by atoms with E-state index in [-0.39, 0.29) is 17.9 Å². The predicted molar refractivity (Wildman–Crippen MR) is 78.3 cm³/mol. The molecule has 0 bridgehead atoms. The maximum Gasteiger partial charge on any atom is 0.220 e. The van der Waals surface area contributed by atoms with Gasteiger partial charge in [0.25, 0.3) is 0 Å². The number of carbonyl (C=O) groups is 2. The van der Waals surface area contributed by atoms with Crippen LogP contribution >= 0.6 is 0 Å². The van der Waals surface area contributed by atoms with E-state index in [0.717, 1.165) is 38.9 Å². The van der Waals surface area contributed by atoms with Gasteiger partial charge in [0.2, 0.25) is 11.8 Å². The maximum atomic E-state index is 11.9. The molecular weight excluding hydrogens is 254 g/mol. The molecule has 5 nitrogen and oxygen atoms in total. The zero-order chi connectivity index (χ0) is 14.4. The minimum absolute atomic E-state index is 0.137. The molecule has 2 N–H and O–H groups in total. The van der Waals surface area contributed by atoms with E-state index in [2.05, 4.69) is 10.6 Å². The molecule has 2 amide bonds. The highest BCUT2D eigenvalue weighted by molar-refractivity contribution is 5.76. The van der Waals surface area contributed by atoms with Gasteiger partial charge in [0.05, 0.1) is 0 Å². The number of rotatable bonds is 4. The molecule has 0 aliphatic carbocycles. The highest BCUT2D eigenvalue weighted by atomic mass is 16.2. The second-order valence-corrected chi connectivity index (χ2v) is 6.03. The summed E-state index contributed by atoms with van der Waals surface area (Å²) in [5, 5.41) is 6.59. The van der Waals surface area contributed by atoms with Crippen LogP contribution in [0.1, 0.15) is 51.9 Å². The third kappa shape index (κ3) is 4.78. The van der Waals surface area contributed by atoms with Gasteiger partial charge in [-0.2, -0.15) is 0 Å². The monoisotopic (exact) mass is 281 g/mol. The molecule has 0 spiro atoms. The Morgan fingerprint density at radius 2 is 1.95 bits per heavy atom. The van der Waals surface area contributed by atoms with Crippen LogP contribution in [0.4, 0.5) is 0 Å². The summed E-state index contributed by atoms with van der Waals surface area (Å²) in [6.07, 6.45) is 7.06. The van der Waals surface area contributed by atoms with Crippen molar-refractivity contribution in [1.29, 1.82) is 0 Å². The van der Waals surface area contributed by atoms with Gasteiger partial charge >= 0.3 is 0 Å². The average Bonchev–Trinajstić information content (AvgIpc) is 2.47. The highest BCUT2D eigenvalue weighted by Crippen LogP contribution is 2.13. The van der Waals surface area contributed by atoms with Crippen LogP contribution in [0.25, 0.3) is 0 Å². The van der Waals surface area contributed by atoms with Gasteiger partial charge in [-0.15, -0.1) is 0 Å². The third-order valence-electron chi connectivity index (χ3n) is 4.44. The van der Waals surface area contributed by atoms with Crippen LogP contribution in [-0.4, -0.2) is 48.4 Å². The SMILES string of the molecule is CC(=O)N1CCC(NC(=O)CCC2CCCCN2)CC1. The summed E-state index contributed by atoms with van der Waals surface area (Å²) in [6.45, 7) is 4.24. The summed E-state index contributed by atoms with van der Waals surface area (Å²) in [5.41, 5.74) is 0. The Balaban J connectivity index is 1.61. The Labute approximate surface area is 121 Å². The van der Waals surface area contributed by atoms with E-state index in [4.69, 9.17) is 0 Å². The number of carbonyl (C=O) groups excluding carboxylic acids is 2. The molecule has 0 aromatic rings. The van der Waals surface area contributed by atoms with Gasteiger partial charge in [0.15, 0.2) is 0 Å². The summed E-state index contributed by atoms with van der Waals surface area (Å²) >= 11 is 0. The minimum Gasteiger partial charge on any atom is -0.353 e. The molecule has 20 heavy (non-hydrogen) atoms. The van der Waals surface area contributed by atoms with Crippen molar-refractivity contribution in [3.63, 3.8) is 0 Å². The van der Waals surface area contributed by atoms with Crippen molar-refractivity contribution in [2.75, 3.05) is 19.6 Å². The smallest absolute Gasteiger partial charge is 0.220 e. The summed E-state index contributed by atoms with van der Waals surface area (Å²) in [4.78, 5) is 25.0. The van der Waals surface area contributed by atoms with Gasteiger partial charge in [-0.25, -0.2) is 0 Å². The Hall–Kier alpha value is -1.10. The summed E-state index contributed by atoms with van der Waals surface area (Å²) in [7, 11) is 0. The molecule has 114 valence electrons. The largest absolute Gasteiger partial charge is 0.353 e. The first kappa shape index (κ1) is 15.3. The Morgan fingerprint density at radius 3 is 2.55 bits per heavy atom. The molecule has 2 saturated heterocycles. The highest BCUT2D eigenvalue weighted by Gasteiger charge is 2.22. The van der Waals surface area contributed by atoms with E-state index < -0.39 is 0 Å². The Kier molecular flexibility index (Phi) is 5.83. The van der Waals surface area contributed by atoms with Gasteiger partial charge < -0.3 is 15.5 Å². The van der Waals surface area contributed by atoms with Crippen LogP contribution < -0.4 is 10.6 Å². The first-order valence-electron chi connectivity index (χ1n) is 7.93. The minimum atomic E-state index is 0.137. The molecule has 2 heterocycles. The van der Waals surface area contributed by atoms with E-state index in [1.807, 2.05) is 4.90 Å². The lowest BCUT2D eigenvalue weighted by molar-refractivity contribution is -0.130. The van der Waals surface area contributed by atoms with Crippen molar-refractivity contribution in [2.24, 2.45) is 0 Å². The van der Waals surface area contributed by atoms with Crippen LogP contribution in [0, 0.1) is 0 Å². The lowest BCUT2D eigenvalue weighted by Crippen LogP contribution is -2.46. The second-order valence-electron chi connectivity index (χ2n) is 6.03. The molecule has 2 aliphatic heterocycles. The van der Waals surface area contributed by atoms with Gasteiger partial charge in [-0.3, -0.25) is 9.59 Å². The van der Waals surface area contributed by atoms with Crippen molar-refractivity contribution in [3.05, 3.63) is 0 Å². The first-order valence-corrected chi connectivity index (χ1v) is 7.93. The van der Waals surface area contributed by atoms with Crippen molar-refractivity contribution in [1.82, 2.24) is 15.5 Å². The second kappa shape index (κ2) is 7.62. The molecule has 0 saturated carbocycles. The number of nitrogens with one attached hydrogen (secondary N) is 2. The average molecular weight is 281 g/mol. The summed E-state index contributed by atoms with van der Waals surface area (Å²) in [6, 6.07) is 0.770. The van der Waals surface area contributed by atoms with Gasteiger partial charge in [-0.05, 0) is 38.6 Å². The number of hydrogen-bond acceptors (Lipinski definition) is 3. The van der Waals surface area contributed by atoms with E-state index in [1.165, 1.54) is 19.3 Å². The van der Waals surface area contributed by atoms with E-state index in [9.17, 15) is 9.59 Å². The van der Waals surface area contributed by atoms with Crippen LogP contribution in [0.5, 0.6) is 0 Å². The Morgan fingerprint density at radius 1 is 1.20 bits per heavy atom. The third-order valence-corrected chi connectivity index (χ3v) is 4.44. The standard InChI is InChI=1S/C15H27N3O2/c1-12(19)18-10-7-14(8-11-18)17-15(20)6-5-13-4-2-3-9-16-13/h13-14,16H,2-11H2,1H3,(H,17,20). The molecule has 2 fully saturated rings. The van der Waals surface area contributed by atoms with Crippen molar-refractivity contribution in [3.8, 4) is 0 Å². The summed E-state index contributed by atoms with van der Waals surface area (Å²) < 4.78 is 0. The topological polar surface area (TPSA) is 61.4 Å². The van der Waals surface area contributed by atoms with Crippen LogP contribution in [0.15, 0.2) is 0 Å². The van der Waals surface area contributed by atoms with Crippen LogP contribution in [0.2, 0.25) is 0 Å². The zero-order valence-electron chi connectivity index (χ0n) is 12.5. The fourth-order valence-corrected chi connectivity index (χ4v) is 3.11. The van der Waals surface area contributed by atoms with Crippen LogP contribution in [0.3, 0.4) is 0 Å². The van der Waals surface area contributed by atoms with Gasteiger partial charge in [-0.1, -0.05) is 6.42 Å². The predicted octanol–water partition coefficient (Wildman–Crippen LogP) is 1.04. The van der Waals surface area contributed by atoms with Crippen molar-refractivity contribution < 1.29 is 9.59 Å². The quantitative estimate of drug-likeness (QED) is 0.809. The molecule has 2 rings (SSSR count). The molecule has 1 unspecified atom stereocenters. The molecule has 0 radical (unpaired) electrons. The van der Waals surface area contributed by atoms with E-state index >= 15 is 0 Å². The van der Waals surface area contributed by atoms with E-state index in [1.54, 1.807) is 6.92 Å². The number of hydrogen-bond donors (Lipinski definition) is 2.